The van der Waals surface area contributed by atoms with Gasteiger partial charge in [0.15, 0.2) is 0 Å². The van der Waals surface area contributed by atoms with Crippen LogP contribution in [0.15, 0.2) is 18.2 Å². The van der Waals surface area contributed by atoms with Gasteiger partial charge in [-0.15, -0.1) is 0 Å². The number of anilines is 2. The quantitative estimate of drug-likeness (QED) is 0.599. The highest BCUT2D eigenvalue weighted by molar-refractivity contribution is 5.94. The second-order valence-corrected chi connectivity index (χ2v) is 9.50. The Morgan fingerprint density at radius 3 is 1.76 bits per heavy atom. The lowest BCUT2D eigenvalue weighted by atomic mass is 10.0. The predicted octanol–water partition coefficient (Wildman–Crippen LogP) is 4.62. The molecule has 4 aliphatic rings. The van der Waals surface area contributed by atoms with Crippen LogP contribution in [-0.4, -0.2) is 24.1 Å². The fourth-order valence-electron chi connectivity index (χ4n) is 5.88. The van der Waals surface area contributed by atoms with Gasteiger partial charge in [-0.3, -0.25) is 0 Å². The molecule has 156 valence electrons. The van der Waals surface area contributed by atoms with E-state index in [2.05, 4.69) is 21.3 Å². The largest absolute Gasteiger partial charge is 0.335 e. The van der Waals surface area contributed by atoms with Crippen LogP contribution in [0.4, 0.5) is 21.0 Å². The van der Waals surface area contributed by atoms with Crippen LogP contribution in [0.5, 0.6) is 0 Å². The first kappa shape index (κ1) is 18.8. The molecule has 4 N–H and O–H groups in total. The molecule has 4 fully saturated rings. The van der Waals surface area contributed by atoms with E-state index in [1.54, 1.807) is 0 Å². The summed E-state index contributed by atoms with van der Waals surface area (Å²) >= 11 is 0. The van der Waals surface area contributed by atoms with Gasteiger partial charge in [-0.25, -0.2) is 9.59 Å². The number of carbonyl (C=O) groups excluding carboxylic acids is 2. The van der Waals surface area contributed by atoms with Gasteiger partial charge < -0.3 is 21.3 Å². The maximum absolute atomic E-state index is 12.5. The maximum Gasteiger partial charge on any atom is 0.319 e. The van der Waals surface area contributed by atoms with Crippen molar-refractivity contribution in [1.82, 2.24) is 10.6 Å². The van der Waals surface area contributed by atoms with Gasteiger partial charge in [0.25, 0.3) is 0 Å². The molecule has 29 heavy (non-hydrogen) atoms. The van der Waals surface area contributed by atoms with Crippen molar-refractivity contribution in [1.29, 1.82) is 0 Å². The molecule has 6 nitrogen and oxygen atoms in total. The lowest BCUT2D eigenvalue weighted by Gasteiger charge is -2.13. The number of carbonyl (C=O) groups is 2. The monoisotopic (exact) mass is 396 g/mol. The SMILES string of the molecule is Cc1ccc(NC(=O)NC2[C@H]3CCCC[C@@H]23)cc1NC(=O)NC1[C@H]2CCCC[C@H]12. The molecule has 1 aromatic rings. The molecule has 0 aromatic heterocycles. The third-order valence-electron chi connectivity index (χ3n) is 7.65. The van der Waals surface area contributed by atoms with Crippen molar-refractivity contribution in [3.05, 3.63) is 23.8 Å². The topological polar surface area (TPSA) is 82.3 Å². The normalized spacial score (nSPS) is 34.2. The van der Waals surface area contributed by atoms with E-state index >= 15 is 0 Å². The van der Waals surface area contributed by atoms with Crippen molar-refractivity contribution < 1.29 is 9.59 Å². The van der Waals surface area contributed by atoms with Gasteiger partial charge in [0.2, 0.25) is 0 Å². The third-order valence-corrected chi connectivity index (χ3v) is 7.65. The third kappa shape index (κ3) is 3.94. The number of hydrogen-bond donors (Lipinski definition) is 4. The highest BCUT2D eigenvalue weighted by atomic mass is 16.2. The van der Waals surface area contributed by atoms with E-state index in [1.165, 1.54) is 51.4 Å². The Labute approximate surface area is 172 Å². The summed E-state index contributed by atoms with van der Waals surface area (Å²) in [6.45, 7) is 1.96. The number of fused-ring (bicyclic) bond motifs is 2. The second kappa shape index (κ2) is 7.54. The Hall–Kier alpha value is -2.24. The van der Waals surface area contributed by atoms with Crippen molar-refractivity contribution in [2.45, 2.75) is 70.4 Å². The molecule has 0 saturated heterocycles. The highest BCUT2D eigenvalue weighted by Crippen LogP contribution is 2.50. The Balaban J connectivity index is 1.14. The lowest BCUT2D eigenvalue weighted by Crippen LogP contribution is -2.33. The molecule has 0 bridgehead atoms. The summed E-state index contributed by atoms with van der Waals surface area (Å²) in [5, 5.41) is 12.2. The van der Waals surface area contributed by atoms with Crippen LogP contribution >= 0.6 is 0 Å². The standard InChI is InChI=1S/C23H32N4O2/c1-13-10-11-14(24-22(28)26-20-15-6-2-3-7-16(15)20)12-19(13)25-23(29)27-21-17-8-4-5-9-18(17)21/h10-12,15-18,20-21H,2-9H2,1H3,(H2,24,26,28)(H2,25,27,29)/t15-,16+,17-,18-,20?/m0/s1. The molecule has 5 atom stereocenters. The number of urea groups is 2. The Bertz CT molecular complexity index is 786. The first-order valence-corrected chi connectivity index (χ1v) is 11.4. The maximum atomic E-state index is 12.5. The van der Waals surface area contributed by atoms with Crippen molar-refractivity contribution in [3.63, 3.8) is 0 Å². The van der Waals surface area contributed by atoms with Gasteiger partial charge in [0, 0.05) is 23.5 Å². The Morgan fingerprint density at radius 1 is 0.759 bits per heavy atom. The number of rotatable bonds is 4. The molecule has 6 heteroatoms. The summed E-state index contributed by atoms with van der Waals surface area (Å²) in [7, 11) is 0. The molecule has 0 aliphatic heterocycles. The van der Waals surface area contributed by atoms with Crippen LogP contribution in [0.25, 0.3) is 0 Å². The summed E-state index contributed by atoms with van der Waals surface area (Å²) in [6.07, 6.45) is 10.1. The minimum Gasteiger partial charge on any atom is -0.335 e. The molecule has 5 rings (SSSR count). The van der Waals surface area contributed by atoms with Crippen molar-refractivity contribution in [2.75, 3.05) is 10.6 Å². The van der Waals surface area contributed by atoms with E-state index < -0.39 is 0 Å². The zero-order valence-corrected chi connectivity index (χ0v) is 17.2. The summed E-state index contributed by atoms with van der Waals surface area (Å²) in [5.41, 5.74) is 2.42. The van der Waals surface area contributed by atoms with Crippen LogP contribution in [0, 0.1) is 30.6 Å². The second-order valence-electron chi connectivity index (χ2n) is 9.50. The zero-order valence-electron chi connectivity index (χ0n) is 17.2. The predicted molar refractivity (Wildman–Crippen MR) is 114 cm³/mol. The smallest absolute Gasteiger partial charge is 0.319 e. The van der Waals surface area contributed by atoms with Crippen LogP contribution in [0.3, 0.4) is 0 Å². The molecule has 0 spiro atoms. The van der Waals surface area contributed by atoms with E-state index in [9.17, 15) is 9.59 Å². The minimum absolute atomic E-state index is 0.142. The summed E-state index contributed by atoms with van der Waals surface area (Å²) in [4.78, 5) is 24.9. The first-order valence-electron chi connectivity index (χ1n) is 11.4. The number of amides is 4. The van der Waals surface area contributed by atoms with E-state index in [-0.39, 0.29) is 12.1 Å². The van der Waals surface area contributed by atoms with Crippen molar-refractivity contribution in [3.8, 4) is 0 Å². The first-order chi connectivity index (χ1) is 14.1. The molecule has 4 saturated carbocycles. The molecule has 4 aliphatic carbocycles. The van der Waals surface area contributed by atoms with E-state index in [0.717, 1.165) is 11.3 Å². The van der Waals surface area contributed by atoms with Crippen molar-refractivity contribution in [2.24, 2.45) is 23.7 Å². The van der Waals surface area contributed by atoms with Crippen LogP contribution in [-0.2, 0) is 0 Å². The minimum atomic E-state index is -0.147. The Morgan fingerprint density at radius 2 is 1.24 bits per heavy atom. The number of benzene rings is 1. The van der Waals surface area contributed by atoms with Gasteiger partial charge >= 0.3 is 12.1 Å². The van der Waals surface area contributed by atoms with Crippen LogP contribution < -0.4 is 21.3 Å². The van der Waals surface area contributed by atoms with E-state index in [1.807, 2.05) is 25.1 Å². The van der Waals surface area contributed by atoms with E-state index in [4.69, 9.17) is 0 Å². The molecule has 0 radical (unpaired) electrons. The highest BCUT2D eigenvalue weighted by Gasteiger charge is 2.52. The number of nitrogens with one attached hydrogen (secondary N) is 4. The number of aryl methyl sites for hydroxylation is 1. The zero-order chi connectivity index (χ0) is 20.0. The van der Waals surface area contributed by atoms with Gasteiger partial charge in [0.05, 0.1) is 0 Å². The van der Waals surface area contributed by atoms with Crippen molar-refractivity contribution >= 4 is 23.4 Å². The summed E-state index contributed by atoms with van der Waals surface area (Å²) in [5.74, 6) is 2.72. The average Bonchev–Trinajstić information content (AvgIpc) is 3.60. The summed E-state index contributed by atoms with van der Waals surface area (Å²) in [6, 6.07) is 6.04. The van der Waals surface area contributed by atoms with Gasteiger partial charge in [-0.2, -0.15) is 0 Å². The molecule has 4 amide bonds. The average molecular weight is 397 g/mol. The van der Waals surface area contributed by atoms with Crippen LogP contribution in [0.2, 0.25) is 0 Å². The molecular weight excluding hydrogens is 364 g/mol. The van der Waals surface area contributed by atoms with Gasteiger partial charge in [-0.1, -0.05) is 31.7 Å². The fourth-order valence-corrected chi connectivity index (χ4v) is 5.88. The number of hydrogen-bond acceptors (Lipinski definition) is 2. The van der Waals surface area contributed by atoms with Crippen LogP contribution in [0.1, 0.15) is 56.9 Å². The summed E-state index contributed by atoms with van der Waals surface area (Å²) < 4.78 is 0. The molecule has 1 aromatic carbocycles. The Kier molecular flexibility index (Phi) is 4.88. The van der Waals surface area contributed by atoms with Gasteiger partial charge in [-0.05, 0) is 74.0 Å². The van der Waals surface area contributed by atoms with E-state index in [0.29, 0.717) is 41.4 Å². The molecule has 1 unspecified atom stereocenters. The molecular formula is C23H32N4O2. The van der Waals surface area contributed by atoms with Gasteiger partial charge in [0.1, 0.15) is 0 Å². The lowest BCUT2D eigenvalue weighted by molar-refractivity contribution is 0.250. The molecule has 0 heterocycles. The fraction of sp³-hybridized carbons (Fsp3) is 0.652.